The fourth-order valence-corrected chi connectivity index (χ4v) is 4.80. The average Bonchev–Trinajstić information content (AvgIpc) is 2.54. The number of carbonyl (C=O) groups is 2. The van der Waals surface area contributed by atoms with E-state index in [1.165, 1.54) is 12.1 Å². The van der Waals surface area contributed by atoms with Gasteiger partial charge in [-0.3, -0.25) is 9.59 Å². The zero-order valence-corrected chi connectivity index (χ0v) is 13.3. The van der Waals surface area contributed by atoms with E-state index < -0.39 is 22.0 Å². The lowest BCUT2D eigenvalue weighted by atomic mass is 10.0. The highest BCUT2D eigenvalue weighted by Crippen LogP contribution is 2.30. The van der Waals surface area contributed by atoms with E-state index in [4.69, 9.17) is 0 Å². The van der Waals surface area contributed by atoms with Crippen molar-refractivity contribution < 1.29 is 23.1 Å². The van der Waals surface area contributed by atoms with E-state index >= 15 is 0 Å². The molecule has 2 aliphatic rings. The van der Waals surface area contributed by atoms with Crippen LogP contribution in [-0.4, -0.2) is 42.3 Å². The van der Waals surface area contributed by atoms with Gasteiger partial charge in [-0.2, -0.15) is 4.31 Å². The molecule has 0 saturated carbocycles. The Morgan fingerprint density at radius 1 is 1.26 bits per heavy atom. The number of carbonyl (C=O) groups excluding carboxylic acids is 1. The molecule has 8 heteroatoms. The van der Waals surface area contributed by atoms with Crippen LogP contribution in [0.5, 0.6) is 0 Å². The van der Waals surface area contributed by atoms with Crippen LogP contribution >= 0.6 is 0 Å². The number of piperidine rings is 1. The van der Waals surface area contributed by atoms with Crippen molar-refractivity contribution in [2.45, 2.75) is 43.0 Å². The van der Waals surface area contributed by atoms with Crippen molar-refractivity contribution in [2.24, 2.45) is 0 Å². The Morgan fingerprint density at radius 3 is 2.78 bits per heavy atom. The van der Waals surface area contributed by atoms with Crippen molar-refractivity contribution in [1.29, 1.82) is 0 Å². The van der Waals surface area contributed by atoms with Crippen LogP contribution in [0.1, 0.15) is 31.2 Å². The number of aryl methyl sites for hydroxylation is 1. The Kier molecular flexibility index (Phi) is 4.11. The first-order valence-corrected chi connectivity index (χ1v) is 9.01. The summed E-state index contributed by atoms with van der Waals surface area (Å²) in [6.07, 6.45) is 2.49. The summed E-state index contributed by atoms with van der Waals surface area (Å²) in [5.41, 5.74) is 1.38. The highest BCUT2D eigenvalue weighted by Gasteiger charge is 2.37. The van der Waals surface area contributed by atoms with Gasteiger partial charge in [-0.05, 0) is 49.4 Å². The molecule has 1 fully saturated rings. The van der Waals surface area contributed by atoms with E-state index in [-0.39, 0.29) is 17.3 Å². The smallest absolute Gasteiger partial charge is 0.322 e. The maximum absolute atomic E-state index is 12.8. The van der Waals surface area contributed by atoms with Crippen molar-refractivity contribution in [3.8, 4) is 0 Å². The molecule has 0 spiro atoms. The number of benzene rings is 1. The van der Waals surface area contributed by atoms with E-state index in [9.17, 15) is 23.1 Å². The molecule has 1 aromatic carbocycles. The van der Waals surface area contributed by atoms with Gasteiger partial charge in [-0.15, -0.1) is 0 Å². The minimum Gasteiger partial charge on any atom is -0.480 e. The highest BCUT2D eigenvalue weighted by molar-refractivity contribution is 7.89. The average molecular weight is 338 g/mol. The predicted octanol–water partition coefficient (Wildman–Crippen LogP) is 1.20. The van der Waals surface area contributed by atoms with Gasteiger partial charge < -0.3 is 10.4 Å². The molecule has 124 valence electrons. The molecule has 1 amide bonds. The number of aliphatic carboxylic acids is 1. The van der Waals surface area contributed by atoms with E-state index in [1.54, 1.807) is 6.07 Å². The number of anilines is 1. The second-order valence-electron chi connectivity index (χ2n) is 5.83. The summed E-state index contributed by atoms with van der Waals surface area (Å²) in [7, 11) is -3.86. The van der Waals surface area contributed by atoms with Crippen LogP contribution in [-0.2, 0) is 26.0 Å². The van der Waals surface area contributed by atoms with Gasteiger partial charge in [0.15, 0.2) is 0 Å². The second-order valence-corrected chi connectivity index (χ2v) is 7.72. The zero-order chi connectivity index (χ0) is 16.6. The molecule has 3 rings (SSSR count). The van der Waals surface area contributed by atoms with E-state index in [1.807, 2.05) is 0 Å². The minimum atomic E-state index is -3.86. The van der Waals surface area contributed by atoms with Gasteiger partial charge >= 0.3 is 5.97 Å². The lowest BCUT2D eigenvalue weighted by Crippen LogP contribution is -2.47. The molecule has 2 heterocycles. The third kappa shape index (κ3) is 2.96. The second kappa shape index (κ2) is 5.93. The van der Waals surface area contributed by atoms with E-state index in [0.29, 0.717) is 37.8 Å². The summed E-state index contributed by atoms with van der Waals surface area (Å²) in [6.45, 7) is 0.215. The third-order valence-electron chi connectivity index (χ3n) is 4.32. The van der Waals surface area contributed by atoms with Gasteiger partial charge in [0.05, 0.1) is 4.90 Å². The topological polar surface area (TPSA) is 104 Å². The van der Waals surface area contributed by atoms with Gasteiger partial charge in [-0.25, -0.2) is 8.42 Å². The number of nitrogens with one attached hydrogen (secondary N) is 1. The zero-order valence-electron chi connectivity index (χ0n) is 12.5. The Morgan fingerprint density at radius 2 is 2.04 bits per heavy atom. The summed E-state index contributed by atoms with van der Waals surface area (Å²) in [6, 6.07) is 3.52. The normalized spacial score (nSPS) is 22.3. The standard InChI is InChI=1S/C15H18N2O5S/c18-14-7-4-10-9-11(5-6-12(10)16-14)23(21,22)17-8-2-1-3-13(17)15(19)20/h5-6,9,13H,1-4,7-8H2,(H,16,18)(H,19,20)/t13-/m1/s1. The van der Waals surface area contributed by atoms with Crippen LogP contribution in [0.4, 0.5) is 5.69 Å². The molecule has 7 nitrogen and oxygen atoms in total. The van der Waals surface area contributed by atoms with Crippen LogP contribution in [0, 0.1) is 0 Å². The molecular weight excluding hydrogens is 320 g/mol. The lowest BCUT2D eigenvalue weighted by Gasteiger charge is -2.32. The molecule has 0 radical (unpaired) electrons. The third-order valence-corrected chi connectivity index (χ3v) is 6.22. The Balaban J connectivity index is 1.96. The number of carboxylic acids is 1. The molecule has 2 aliphatic heterocycles. The number of nitrogens with zero attached hydrogens (tertiary/aromatic N) is 1. The Labute approximate surface area is 134 Å². The molecule has 0 aliphatic carbocycles. The SMILES string of the molecule is O=C1CCc2cc(S(=O)(=O)N3CCCC[C@@H]3C(=O)O)ccc2N1. The highest BCUT2D eigenvalue weighted by atomic mass is 32.2. The quantitative estimate of drug-likeness (QED) is 0.862. The number of sulfonamides is 1. The van der Waals surface area contributed by atoms with Crippen molar-refractivity contribution in [2.75, 3.05) is 11.9 Å². The van der Waals surface area contributed by atoms with Gasteiger partial charge in [0, 0.05) is 18.7 Å². The first kappa shape index (κ1) is 15.9. The molecule has 0 aromatic heterocycles. The number of hydrogen-bond donors (Lipinski definition) is 2. The van der Waals surface area contributed by atoms with Crippen LogP contribution < -0.4 is 5.32 Å². The molecule has 2 N–H and O–H groups in total. The lowest BCUT2D eigenvalue weighted by molar-refractivity contribution is -0.142. The maximum atomic E-state index is 12.8. The van der Waals surface area contributed by atoms with Gasteiger partial charge in [-0.1, -0.05) is 0 Å². The molecule has 1 aromatic rings. The number of fused-ring (bicyclic) bond motifs is 1. The summed E-state index contributed by atoms with van der Waals surface area (Å²) in [5, 5.41) is 12.0. The molecule has 1 saturated heterocycles. The Bertz CT molecular complexity index is 759. The minimum absolute atomic E-state index is 0.0838. The fraction of sp³-hybridized carbons (Fsp3) is 0.467. The maximum Gasteiger partial charge on any atom is 0.322 e. The first-order valence-electron chi connectivity index (χ1n) is 7.57. The van der Waals surface area contributed by atoms with Crippen molar-refractivity contribution >= 4 is 27.6 Å². The number of amides is 1. The summed E-state index contributed by atoms with van der Waals surface area (Å²) < 4.78 is 26.7. The number of hydrogen-bond acceptors (Lipinski definition) is 4. The van der Waals surface area contributed by atoms with E-state index in [0.717, 1.165) is 9.87 Å². The molecule has 0 unspecified atom stereocenters. The van der Waals surface area contributed by atoms with Gasteiger partial charge in [0.1, 0.15) is 6.04 Å². The van der Waals surface area contributed by atoms with E-state index in [2.05, 4.69) is 5.32 Å². The molecular formula is C15H18N2O5S. The van der Waals surface area contributed by atoms with Crippen LogP contribution in [0.3, 0.4) is 0 Å². The predicted molar refractivity (Wildman–Crippen MR) is 82.6 cm³/mol. The van der Waals surface area contributed by atoms with Crippen LogP contribution in [0.2, 0.25) is 0 Å². The van der Waals surface area contributed by atoms with Crippen LogP contribution in [0.25, 0.3) is 0 Å². The number of carboxylic acid groups (broad SMARTS) is 1. The summed E-state index contributed by atoms with van der Waals surface area (Å²) >= 11 is 0. The largest absolute Gasteiger partial charge is 0.480 e. The number of rotatable bonds is 3. The van der Waals surface area contributed by atoms with Crippen molar-refractivity contribution in [3.63, 3.8) is 0 Å². The first-order chi connectivity index (χ1) is 10.9. The molecule has 1 atom stereocenters. The molecule has 0 bridgehead atoms. The fourth-order valence-electron chi connectivity index (χ4n) is 3.10. The monoisotopic (exact) mass is 338 g/mol. The van der Waals surface area contributed by atoms with Gasteiger partial charge in [0.25, 0.3) is 0 Å². The Hall–Kier alpha value is -1.93. The van der Waals surface area contributed by atoms with Crippen molar-refractivity contribution in [1.82, 2.24) is 4.31 Å². The summed E-state index contributed by atoms with van der Waals surface area (Å²) in [4.78, 5) is 22.8. The molecule has 23 heavy (non-hydrogen) atoms. The van der Waals surface area contributed by atoms with Gasteiger partial charge in [0.2, 0.25) is 15.9 Å². The summed E-state index contributed by atoms with van der Waals surface area (Å²) in [5.74, 6) is -1.20. The van der Waals surface area contributed by atoms with Crippen LogP contribution in [0.15, 0.2) is 23.1 Å². The van der Waals surface area contributed by atoms with Crippen molar-refractivity contribution in [3.05, 3.63) is 23.8 Å².